The molecule has 1 saturated heterocycles. The third-order valence-electron chi connectivity index (χ3n) is 3.71. The molecule has 0 bridgehead atoms. The van der Waals surface area contributed by atoms with Crippen LogP contribution in [-0.4, -0.2) is 42.7 Å². The number of rotatable bonds is 4. The maximum absolute atomic E-state index is 12.7. The van der Waals surface area contributed by atoms with Gasteiger partial charge in [-0.2, -0.15) is 9.40 Å². The van der Waals surface area contributed by atoms with Crippen molar-refractivity contribution in [1.29, 1.82) is 0 Å². The molecule has 6 nitrogen and oxygen atoms in total. The van der Waals surface area contributed by atoms with Crippen LogP contribution < -0.4 is 4.74 Å². The second-order valence-corrected chi connectivity index (χ2v) is 6.85. The zero-order chi connectivity index (χ0) is 14.9. The molecule has 0 amide bonds. The second kappa shape index (κ2) is 5.50. The normalized spacial score (nSPS) is 19.8. The average molecular weight is 307 g/mol. The van der Waals surface area contributed by atoms with Gasteiger partial charge in [0.05, 0.1) is 13.2 Å². The Kier molecular flexibility index (Phi) is 3.69. The molecule has 1 atom stereocenters. The van der Waals surface area contributed by atoms with E-state index in [1.807, 2.05) is 16.9 Å². The van der Waals surface area contributed by atoms with E-state index in [4.69, 9.17) is 4.74 Å². The molecule has 1 fully saturated rings. The third-order valence-corrected chi connectivity index (χ3v) is 5.62. The van der Waals surface area contributed by atoms with E-state index in [1.165, 1.54) is 11.4 Å². The fraction of sp³-hybridized carbons (Fsp3) is 0.357. The first-order valence-electron chi connectivity index (χ1n) is 6.75. The Balaban J connectivity index is 1.86. The van der Waals surface area contributed by atoms with E-state index in [2.05, 4.69) is 5.10 Å². The quantitative estimate of drug-likeness (QED) is 0.859. The number of para-hydroxylation sites is 1. The maximum Gasteiger partial charge on any atom is 0.246 e. The molecule has 0 radical (unpaired) electrons. The minimum absolute atomic E-state index is 0.0875. The van der Waals surface area contributed by atoms with Crippen LogP contribution in [0.5, 0.6) is 5.75 Å². The first-order valence-corrected chi connectivity index (χ1v) is 8.19. The minimum Gasteiger partial charge on any atom is -0.495 e. The zero-order valence-corrected chi connectivity index (χ0v) is 12.5. The van der Waals surface area contributed by atoms with E-state index < -0.39 is 10.0 Å². The molecule has 7 heteroatoms. The van der Waals surface area contributed by atoms with Crippen LogP contribution in [-0.2, 0) is 10.0 Å². The smallest absolute Gasteiger partial charge is 0.246 e. The minimum atomic E-state index is -3.54. The van der Waals surface area contributed by atoms with Gasteiger partial charge in [-0.15, -0.1) is 0 Å². The summed E-state index contributed by atoms with van der Waals surface area (Å²) in [5, 5.41) is 4.19. The Hall–Kier alpha value is -1.86. The van der Waals surface area contributed by atoms with Crippen molar-refractivity contribution in [3.63, 3.8) is 0 Å². The number of nitrogens with zero attached hydrogens (tertiary/aromatic N) is 3. The molecule has 1 aromatic carbocycles. The first kappa shape index (κ1) is 14.1. The molecule has 0 spiro atoms. The van der Waals surface area contributed by atoms with Crippen LogP contribution in [0.4, 0.5) is 0 Å². The van der Waals surface area contributed by atoms with Gasteiger partial charge in [0.2, 0.25) is 10.0 Å². The lowest BCUT2D eigenvalue weighted by Gasteiger charge is -2.18. The molecular formula is C14H17N3O3S. The number of ether oxygens (including phenoxy) is 1. The fourth-order valence-electron chi connectivity index (χ4n) is 2.61. The molecule has 2 aromatic rings. The number of sulfonamides is 1. The Morgan fingerprint density at radius 2 is 2.10 bits per heavy atom. The molecule has 2 heterocycles. The van der Waals surface area contributed by atoms with Crippen LogP contribution in [0.3, 0.4) is 0 Å². The van der Waals surface area contributed by atoms with Crippen LogP contribution in [0.25, 0.3) is 0 Å². The lowest BCUT2D eigenvalue weighted by molar-refractivity contribution is 0.396. The van der Waals surface area contributed by atoms with Crippen LogP contribution in [0.1, 0.15) is 12.5 Å². The monoisotopic (exact) mass is 307 g/mol. The van der Waals surface area contributed by atoms with Crippen molar-refractivity contribution in [1.82, 2.24) is 14.1 Å². The van der Waals surface area contributed by atoms with Crippen molar-refractivity contribution < 1.29 is 13.2 Å². The van der Waals surface area contributed by atoms with Gasteiger partial charge < -0.3 is 4.74 Å². The highest BCUT2D eigenvalue weighted by molar-refractivity contribution is 7.89. The lowest BCUT2D eigenvalue weighted by atomic mass is 10.3. The molecule has 112 valence electrons. The third kappa shape index (κ3) is 2.54. The van der Waals surface area contributed by atoms with E-state index >= 15 is 0 Å². The van der Waals surface area contributed by atoms with Crippen molar-refractivity contribution in [2.24, 2.45) is 0 Å². The van der Waals surface area contributed by atoms with Crippen LogP contribution in [0.15, 0.2) is 47.6 Å². The topological polar surface area (TPSA) is 64.4 Å². The molecule has 1 aliphatic heterocycles. The molecule has 0 saturated carbocycles. The van der Waals surface area contributed by atoms with Gasteiger partial charge in [0.1, 0.15) is 10.6 Å². The molecule has 0 N–H and O–H groups in total. The van der Waals surface area contributed by atoms with E-state index in [0.717, 1.165) is 6.42 Å². The average Bonchev–Trinajstić information content (AvgIpc) is 3.17. The standard InChI is InChI=1S/C14H17N3O3S/c1-20-13-5-2-3-6-14(13)21(18,19)16-10-7-12(11-16)17-9-4-8-15-17/h2-6,8-9,12H,7,10-11H2,1H3. The summed E-state index contributed by atoms with van der Waals surface area (Å²) in [5.74, 6) is 0.375. The Morgan fingerprint density at radius 1 is 1.29 bits per heavy atom. The van der Waals surface area contributed by atoms with Crippen LogP contribution in [0, 0.1) is 0 Å². The summed E-state index contributed by atoms with van der Waals surface area (Å²) in [6, 6.07) is 8.63. The van der Waals surface area contributed by atoms with Gasteiger partial charge in [0.25, 0.3) is 0 Å². The van der Waals surface area contributed by atoms with E-state index in [1.54, 1.807) is 30.5 Å². The molecule has 0 aliphatic carbocycles. The maximum atomic E-state index is 12.7. The van der Waals surface area contributed by atoms with Gasteiger partial charge >= 0.3 is 0 Å². The molecule has 3 rings (SSSR count). The summed E-state index contributed by atoms with van der Waals surface area (Å²) in [4.78, 5) is 0.216. The van der Waals surface area contributed by atoms with Crippen LogP contribution in [0.2, 0.25) is 0 Å². The van der Waals surface area contributed by atoms with E-state index in [9.17, 15) is 8.42 Å². The van der Waals surface area contributed by atoms with Crippen molar-refractivity contribution in [2.75, 3.05) is 20.2 Å². The summed E-state index contributed by atoms with van der Waals surface area (Å²) < 4.78 is 34.0. The van der Waals surface area contributed by atoms with Crippen molar-refractivity contribution in [3.8, 4) is 5.75 Å². The van der Waals surface area contributed by atoms with Gasteiger partial charge in [-0.1, -0.05) is 12.1 Å². The van der Waals surface area contributed by atoms with Crippen molar-refractivity contribution in [2.45, 2.75) is 17.4 Å². The summed E-state index contributed by atoms with van der Waals surface area (Å²) in [6.45, 7) is 0.924. The molecular weight excluding hydrogens is 290 g/mol. The number of hydrogen-bond acceptors (Lipinski definition) is 4. The molecule has 1 aliphatic rings. The van der Waals surface area contributed by atoms with Gasteiger partial charge in [0.15, 0.2) is 0 Å². The Bertz CT molecular complexity index is 713. The van der Waals surface area contributed by atoms with Crippen LogP contribution >= 0.6 is 0 Å². The van der Waals surface area contributed by atoms with Gasteiger partial charge in [-0.3, -0.25) is 4.68 Å². The van der Waals surface area contributed by atoms with Gasteiger partial charge in [-0.25, -0.2) is 8.42 Å². The highest BCUT2D eigenvalue weighted by atomic mass is 32.2. The van der Waals surface area contributed by atoms with Gasteiger partial charge in [0, 0.05) is 25.5 Å². The van der Waals surface area contributed by atoms with E-state index in [0.29, 0.717) is 18.8 Å². The summed E-state index contributed by atoms with van der Waals surface area (Å²) in [6.07, 6.45) is 4.33. The second-order valence-electron chi connectivity index (χ2n) is 4.94. The number of hydrogen-bond donors (Lipinski definition) is 0. The molecule has 21 heavy (non-hydrogen) atoms. The lowest BCUT2D eigenvalue weighted by Crippen LogP contribution is -2.29. The predicted octanol–water partition coefficient (Wildman–Crippen LogP) is 1.53. The highest BCUT2D eigenvalue weighted by Crippen LogP contribution is 2.31. The van der Waals surface area contributed by atoms with Gasteiger partial charge in [-0.05, 0) is 24.6 Å². The summed E-state index contributed by atoms with van der Waals surface area (Å²) in [7, 11) is -2.06. The van der Waals surface area contributed by atoms with Crippen molar-refractivity contribution in [3.05, 3.63) is 42.7 Å². The molecule has 1 aromatic heterocycles. The number of methoxy groups -OCH3 is 1. The summed E-state index contributed by atoms with van der Waals surface area (Å²) >= 11 is 0. The first-order chi connectivity index (χ1) is 10.1. The Labute approximate surface area is 124 Å². The number of benzene rings is 1. The Morgan fingerprint density at radius 3 is 2.81 bits per heavy atom. The predicted molar refractivity (Wildman–Crippen MR) is 77.6 cm³/mol. The summed E-state index contributed by atoms with van der Waals surface area (Å²) in [5.41, 5.74) is 0. The van der Waals surface area contributed by atoms with E-state index in [-0.39, 0.29) is 10.9 Å². The largest absolute Gasteiger partial charge is 0.495 e. The SMILES string of the molecule is COc1ccccc1S(=O)(=O)N1CCC(n2cccn2)C1. The number of aromatic nitrogens is 2. The van der Waals surface area contributed by atoms with Crippen molar-refractivity contribution >= 4 is 10.0 Å². The molecule has 1 unspecified atom stereocenters. The fourth-order valence-corrected chi connectivity index (χ4v) is 4.26. The highest BCUT2D eigenvalue weighted by Gasteiger charge is 2.34. The zero-order valence-electron chi connectivity index (χ0n) is 11.7.